The number of hydrogen-bond acceptors (Lipinski definition) is 4. The van der Waals surface area contributed by atoms with E-state index in [-0.39, 0.29) is 18.0 Å². The Bertz CT molecular complexity index is 1110. The number of methoxy groups -OCH3 is 1. The van der Waals surface area contributed by atoms with Crippen LogP contribution in [-0.2, 0) is 29.0 Å². The molecule has 1 aromatic heterocycles. The number of Topliss-reactive ketones (excluding diaryl/α,β-unsaturated/α-hetero) is 1. The van der Waals surface area contributed by atoms with Gasteiger partial charge >= 0.3 is 5.69 Å². The van der Waals surface area contributed by atoms with Crippen LogP contribution in [0.3, 0.4) is 0 Å². The van der Waals surface area contributed by atoms with Gasteiger partial charge in [0.25, 0.3) is 0 Å². The minimum atomic E-state index is -0.351. The highest BCUT2D eigenvalue weighted by molar-refractivity contribution is 6.35. The van der Waals surface area contributed by atoms with Crippen molar-refractivity contribution >= 4 is 40.6 Å². The Morgan fingerprint density at radius 1 is 1.06 bits per heavy atom. The second kappa shape index (κ2) is 11.0. The van der Waals surface area contributed by atoms with Gasteiger partial charge in [-0.05, 0) is 54.8 Å². The monoisotopic (exact) mass is 481 g/mol. The van der Waals surface area contributed by atoms with E-state index in [1.807, 2.05) is 6.07 Å². The molecule has 164 valence electrons. The lowest BCUT2D eigenvalue weighted by Crippen LogP contribution is -2.28. The predicted octanol–water partition coefficient (Wildman–Crippen LogP) is 4.91. The SMILES string of the molecule is COCCn1c(-c2ccc(Cl)cc2)nn(CC(=O)CCCc2ccc(Cl)cc2Cl)c1=O. The number of rotatable bonds is 10. The fraction of sp³-hybridized carbons (Fsp3) is 0.318. The fourth-order valence-electron chi connectivity index (χ4n) is 3.19. The summed E-state index contributed by atoms with van der Waals surface area (Å²) in [4.78, 5) is 25.3. The molecular weight excluding hydrogens is 461 g/mol. The number of aromatic nitrogens is 3. The first-order valence-electron chi connectivity index (χ1n) is 9.77. The largest absolute Gasteiger partial charge is 0.383 e. The van der Waals surface area contributed by atoms with Gasteiger partial charge in [0.1, 0.15) is 6.54 Å². The number of ether oxygens (including phenoxy) is 1. The first-order chi connectivity index (χ1) is 14.9. The fourth-order valence-corrected chi connectivity index (χ4v) is 3.82. The first kappa shape index (κ1) is 23.5. The topological polar surface area (TPSA) is 66.1 Å². The van der Waals surface area contributed by atoms with E-state index in [4.69, 9.17) is 39.5 Å². The van der Waals surface area contributed by atoms with Crippen LogP contribution in [0.1, 0.15) is 18.4 Å². The van der Waals surface area contributed by atoms with Gasteiger partial charge in [0.05, 0.1) is 13.2 Å². The van der Waals surface area contributed by atoms with Gasteiger partial charge in [0.2, 0.25) is 0 Å². The third-order valence-corrected chi connectivity index (χ3v) is 5.63. The smallest absolute Gasteiger partial charge is 0.346 e. The van der Waals surface area contributed by atoms with Crippen LogP contribution in [0.2, 0.25) is 15.1 Å². The summed E-state index contributed by atoms with van der Waals surface area (Å²) in [6.07, 6.45) is 1.57. The Morgan fingerprint density at radius 3 is 2.45 bits per heavy atom. The lowest BCUT2D eigenvalue weighted by molar-refractivity contribution is -0.119. The summed E-state index contributed by atoms with van der Waals surface area (Å²) in [6.45, 7) is 0.590. The third-order valence-electron chi connectivity index (χ3n) is 4.79. The summed E-state index contributed by atoms with van der Waals surface area (Å²) in [5.41, 5.74) is 1.32. The lowest BCUT2D eigenvalue weighted by atomic mass is 10.1. The second-order valence-electron chi connectivity index (χ2n) is 7.04. The number of carbonyl (C=O) groups excluding carboxylic acids is 1. The van der Waals surface area contributed by atoms with Gasteiger partial charge in [-0.25, -0.2) is 9.48 Å². The van der Waals surface area contributed by atoms with Crippen molar-refractivity contribution in [2.24, 2.45) is 0 Å². The summed E-state index contributed by atoms with van der Waals surface area (Å²) in [5.74, 6) is 0.394. The Kier molecular flexibility index (Phi) is 8.32. The Hall–Kier alpha value is -2.12. The molecule has 0 aliphatic carbocycles. The van der Waals surface area contributed by atoms with E-state index >= 15 is 0 Å². The van der Waals surface area contributed by atoms with Crippen molar-refractivity contribution in [1.29, 1.82) is 0 Å². The van der Waals surface area contributed by atoms with E-state index in [0.29, 0.717) is 53.3 Å². The van der Waals surface area contributed by atoms with Gasteiger partial charge in [0.15, 0.2) is 11.6 Å². The zero-order chi connectivity index (χ0) is 22.4. The number of carbonyl (C=O) groups is 1. The van der Waals surface area contributed by atoms with Crippen LogP contribution < -0.4 is 5.69 Å². The molecule has 0 atom stereocenters. The molecule has 0 amide bonds. The molecule has 3 rings (SSSR count). The van der Waals surface area contributed by atoms with Crippen LogP contribution >= 0.6 is 34.8 Å². The van der Waals surface area contributed by atoms with Crippen molar-refractivity contribution in [1.82, 2.24) is 14.3 Å². The molecule has 0 unspecified atom stereocenters. The average molecular weight is 483 g/mol. The zero-order valence-electron chi connectivity index (χ0n) is 17.0. The van der Waals surface area contributed by atoms with Crippen molar-refractivity contribution in [3.8, 4) is 11.4 Å². The molecule has 2 aromatic carbocycles. The Balaban J connectivity index is 1.70. The van der Waals surface area contributed by atoms with Gasteiger partial charge in [-0.3, -0.25) is 9.36 Å². The summed E-state index contributed by atoms with van der Waals surface area (Å²) in [5, 5.41) is 6.15. The van der Waals surface area contributed by atoms with E-state index < -0.39 is 0 Å². The highest BCUT2D eigenvalue weighted by Crippen LogP contribution is 2.22. The molecule has 31 heavy (non-hydrogen) atoms. The van der Waals surface area contributed by atoms with E-state index in [9.17, 15) is 9.59 Å². The summed E-state index contributed by atoms with van der Waals surface area (Å²) >= 11 is 18.1. The van der Waals surface area contributed by atoms with Crippen molar-refractivity contribution in [3.05, 3.63) is 73.6 Å². The van der Waals surface area contributed by atoms with Crippen LogP contribution in [-0.4, -0.2) is 33.8 Å². The average Bonchev–Trinajstić information content (AvgIpc) is 3.04. The normalized spacial score (nSPS) is 11.1. The molecule has 9 heteroatoms. The zero-order valence-corrected chi connectivity index (χ0v) is 19.3. The van der Waals surface area contributed by atoms with Gasteiger partial charge in [-0.1, -0.05) is 40.9 Å². The van der Waals surface area contributed by atoms with Crippen LogP contribution in [0.4, 0.5) is 0 Å². The quantitative estimate of drug-likeness (QED) is 0.412. The molecule has 0 fully saturated rings. The minimum absolute atomic E-state index is 0.0776. The molecule has 0 aliphatic rings. The van der Waals surface area contributed by atoms with Crippen LogP contribution in [0.15, 0.2) is 47.3 Å². The number of halogens is 3. The van der Waals surface area contributed by atoms with Crippen molar-refractivity contribution in [3.63, 3.8) is 0 Å². The van der Waals surface area contributed by atoms with Crippen molar-refractivity contribution in [2.75, 3.05) is 13.7 Å². The third kappa shape index (κ3) is 6.20. The molecule has 0 radical (unpaired) electrons. The number of aryl methyl sites for hydroxylation is 1. The first-order valence-corrected chi connectivity index (χ1v) is 10.9. The number of nitrogens with zero attached hydrogens (tertiary/aromatic N) is 3. The molecule has 3 aromatic rings. The summed E-state index contributed by atoms with van der Waals surface area (Å²) < 4.78 is 7.82. The van der Waals surface area contributed by atoms with Gasteiger partial charge in [-0.15, -0.1) is 5.10 Å². The van der Waals surface area contributed by atoms with E-state index in [0.717, 1.165) is 11.1 Å². The predicted molar refractivity (Wildman–Crippen MR) is 123 cm³/mol. The number of benzene rings is 2. The maximum absolute atomic E-state index is 12.8. The number of ketones is 1. The van der Waals surface area contributed by atoms with Gasteiger partial charge < -0.3 is 4.74 Å². The highest BCUT2D eigenvalue weighted by atomic mass is 35.5. The Labute approximate surface area is 195 Å². The molecular formula is C22H22Cl3N3O3. The molecule has 1 heterocycles. The highest BCUT2D eigenvalue weighted by Gasteiger charge is 2.17. The second-order valence-corrected chi connectivity index (χ2v) is 8.32. The summed E-state index contributed by atoms with van der Waals surface area (Å²) in [6, 6.07) is 12.3. The van der Waals surface area contributed by atoms with E-state index in [1.165, 1.54) is 9.25 Å². The maximum Gasteiger partial charge on any atom is 0.346 e. The van der Waals surface area contributed by atoms with Crippen LogP contribution in [0.5, 0.6) is 0 Å². The minimum Gasteiger partial charge on any atom is -0.383 e. The molecule has 0 aliphatic heterocycles. The van der Waals surface area contributed by atoms with Crippen LogP contribution in [0, 0.1) is 0 Å². The standard InChI is InChI=1S/C22H22Cl3N3O3/c1-31-12-11-27-21(16-6-8-17(23)9-7-16)26-28(22(27)30)14-19(29)4-2-3-15-5-10-18(24)13-20(15)25/h5-10,13H,2-4,11-12,14H2,1H3. The molecule has 0 N–H and O–H groups in total. The van der Waals surface area contributed by atoms with E-state index in [1.54, 1.807) is 43.5 Å². The Morgan fingerprint density at radius 2 is 1.77 bits per heavy atom. The molecule has 0 bridgehead atoms. The summed E-state index contributed by atoms with van der Waals surface area (Å²) in [7, 11) is 1.56. The maximum atomic E-state index is 12.8. The van der Waals surface area contributed by atoms with Gasteiger partial charge in [0, 0.05) is 34.2 Å². The van der Waals surface area contributed by atoms with E-state index in [2.05, 4.69) is 5.10 Å². The lowest BCUT2D eigenvalue weighted by Gasteiger charge is -2.05. The van der Waals surface area contributed by atoms with Gasteiger partial charge in [-0.2, -0.15) is 0 Å². The molecule has 0 saturated heterocycles. The molecule has 0 saturated carbocycles. The van der Waals surface area contributed by atoms with Crippen molar-refractivity contribution in [2.45, 2.75) is 32.4 Å². The molecule has 0 spiro atoms. The van der Waals surface area contributed by atoms with Crippen LogP contribution in [0.25, 0.3) is 11.4 Å². The number of hydrogen-bond donors (Lipinski definition) is 0. The van der Waals surface area contributed by atoms with Crippen molar-refractivity contribution < 1.29 is 9.53 Å². The molecule has 6 nitrogen and oxygen atoms in total.